The maximum Gasteiger partial charge on any atom is 0.258 e. The Kier molecular flexibility index (Phi) is 5.56. The van der Waals surface area contributed by atoms with E-state index in [2.05, 4.69) is 26.3 Å². The lowest BCUT2D eigenvalue weighted by Crippen LogP contribution is -2.38. The summed E-state index contributed by atoms with van der Waals surface area (Å²) < 4.78 is 0.901. The molecule has 2 N–H and O–H groups in total. The van der Waals surface area contributed by atoms with Crippen molar-refractivity contribution in [3.05, 3.63) is 110 Å². The molecular formula is C26H19BrClN3O2. The quantitative estimate of drug-likeness (QED) is 0.345. The molecule has 7 heteroatoms. The molecule has 5 rings (SSSR count). The van der Waals surface area contributed by atoms with Crippen molar-refractivity contribution in [1.29, 1.82) is 0 Å². The average molecular weight is 521 g/mol. The van der Waals surface area contributed by atoms with Gasteiger partial charge in [-0.05, 0) is 41.5 Å². The Morgan fingerprint density at radius 1 is 1.00 bits per heavy atom. The van der Waals surface area contributed by atoms with E-state index in [4.69, 9.17) is 11.6 Å². The van der Waals surface area contributed by atoms with Gasteiger partial charge < -0.3 is 4.98 Å². The summed E-state index contributed by atoms with van der Waals surface area (Å²) in [7, 11) is 0. The van der Waals surface area contributed by atoms with Crippen LogP contribution in [-0.2, 0) is 4.79 Å². The van der Waals surface area contributed by atoms with Crippen LogP contribution < -0.4 is 11.0 Å². The van der Waals surface area contributed by atoms with Gasteiger partial charge in [0.2, 0.25) is 5.91 Å². The minimum atomic E-state index is -0.451. The van der Waals surface area contributed by atoms with Crippen LogP contribution >= 0.6 is 27.5 Å². The van der Waals surface area contributed by atoms with Gasteiger partial charge in [-0.15, -0.1) is 0 Å². The SMILES string of the molecule is CC(=O)N1NC(c2c(-c3ccccc3)c3cc(Br)ccc3[nH]c2=O)=C[C@@H]1c1ccccc1Cl. The van der Waals surface area contributed by atoms with Crippen LogP contribution in [0.4, 0.5) is 0 Å². The molecule has 1 atom stereocenters. The summed E-state index contributed by atoms with van der Waals surface area (Å²) in [6.45, 7) is 1.48. The van der Waals surface area contributed by atoms with E-state index in [-0.39, 0.29) is 11.5 Å². The lowest BCUT2D eigenvalue weighted by atomic mass is 9.94. The fourth-order valence-electron chi connectivity index (χ4n) is 4.25. The second-order valence-electron chi connectivity index (χ2n) is 7.81. The molecule has 0 saturated carbocycles. The van der Waals surface area contributed by atoms with Gasteiger partial charge in [0.15, 0.2) is 0 Å². The highest BCUT2D eigenvalue weighted by molar-refractivity contribution is 9.10. The molecule has 1 aliphatic heterocycles. The number of fused-ring (bicyclic) bond motifs is 1. The standard InChI is InChI=1S/C26H19BrClN3O2/c1-15(32)31-23(18-9-5-6-10-20(18)28)14-22(30-31)25-24(16-7-3-2-4-8-16)19-13-17(27)11-12-21(19)29-26(25)33/h2-14,23,30H,1H3,(H,29,33)/t23-/m1/s1. The molecule has 1 aromatic heterocycles. The van der Waals surface area contributed by atoms with Crippen LogP contribution in [0, 0.1) is 0 Å². The summed E-state index contributed by atoms with van der Waals surface area (Å²) in [5.41, 5.74) is 7.14. The van der Waals surface area contributed by atoms with E-state index in [0.29, 0.717) is 16.3 Å². The monoisotopic (exact) mass is 519 g/mol. The second kappa shape index (κ2) is 8.54. The van der Waals surface area contributed by atoms with E-state index in [0.717, 1.165) is 32.1 Å². The highest BCUT2D eigenvalue weighted by atomic mass is 79.9. The molecule has 0 unspecified atom stereocenters. The first-order valence-corrected chi connectivity index (χ1v) is 11.5. The normalized spacial score (nSPS) is 15.4. The Labute approximate surface area is 203 Å². The summed E-state index contributed by atoms with van der Waals surface area (Å²) in [5.74, 6) is -0.188. The van der Waals surface area contributed by atoms with Crippen LogP contribution in [0.3, 0.4) is 0 Å². The van der Waals surface area contributed by atoms with E-state index in [1.165, 1.54) is 11.9 Å². The highest BCUT2D eigenvalue weighted by Gasteiger charge is 2.32. The Balaban J connectivity index is 1.79. The maximum absolute atomic E-state index is 13.4. The molecule has 3 aromatic carbocycles. The van der Waals surface area contributed by atoms with Crippen molar-refractivity contribution in [1.82, 2.24) is 15.4 Å². The number of rotatable bonds is 3. The number of amides is 1. The van der Waals surface area contributed by atoms with Gasteiger partial charge in [0.1, 0.15) is 6.04 Å². The van der Waals surface area contributed by atoms with Crippen molar-refractivity contribution in [2.45, 2.75) is 13.0 Å². The van der Waals surface area contributed by atoms with Gasteiger partial charge in [-0.1, -0.05) is 76.1 Å². The Hall–Kier alpha value is -3.35. The van der Waals surface area contributed by atoms with Gasteiger partial charge in [-0.2, -0.15) is 0 Å². The van der Waals surface area contributed by atoms with Gasteiger partial charge in [-0.3, -0.25) is 15.0 Å². The molecule has 1 amide bonds. The lowest BCUT2D eigenvalue weighted by Gasteiger charge is -2.25. The summed E-state index contributed by atoms with van der Waals surface area (Å²) in [5, 5.41) is 2.94. The third-order valence-corrected chi connectivity index (χ3v) is 6.55. The number of pyridine rings is 1. The first-order chi connectivity index (χ1) is 15.9. The number of H-pyrrole nitrogens is 1. The molecule has 1 aliphatic rings. The molecule has 33 heavy (non-hydrogen) atoms. The zero-order valence-corrected chi connectivity index (χ0v) is 19.9. The fraction of sp³-hybridized carbons (Fsp3) is 0.0769. The third-order valence-electron chi connectivity index (χ3n) is 5.71. The van der Waals surface area contributed by atoms with Crippen LogP contribution in [0.5, 0.6) is 0 Å². The van der Waals surface area contributed by atoms with Gasteiger partial charge in [0, 0.05) is 32.9 Å². The van der Waals surface area contributed by atoms with Crippen LogP contribution in [-0.4, -0.2) is 15.9 Å². The Bertz CT molecular complexity index is 1480. The van der Waals surface area contributed by atoms with E-state index in [1.54, 1.807) is 6.07 Å². The largest absolute Gasteiger partial charge is 0.321 e. The zero-order valence-electron chi connectivity index (χ0n) is 17.6. The topological polar surface area (TPSA) is 65.2 Å². The number of benzene rings is 3. The Morgan fingerprint density at radius 3 is 2.45 bits per heavy atom. The molecule has 4 aromatic rings. The molecule has 0 aliphatic carbocycles. The molecule has 5 nitrogen and oxygen atoms in total. The highest BCUT2D eigenvalue weighted by Crippen LogP contribution is 2.39. The summed E-state index contributed by atoms with van der Waals surface area (Å²) in [6.07, 6.45) is 1.88. The van der Waals surface area contributed by atoms with Crippen molar-refractivity contribution in [2.24, 2.45) is 0 Å². The van der Waals surface area contributed by atoms with E-state index >= 15 is 0 Å². The Morgan fingerprint density at radius 2 is 1.73 bits per heavy atom. The van der Waals surface area contributed by atoms with Crippen LogP contribution in [0.25, 0.3) is 27.7 Å². The number of hydrazine groups is 1. The molecule has 0 spiro atoms. The van der Waals surface area contributed by atoms with Crippen LogP contribution in [0.1, 0.15) is 24.1 Å². The lowest BCUT2D eigenvalue weighted by molar-refractivity contribution is -0.132. The first-order valence-electron chi connectivity index (χ1n) is 10.4. The first kappa shape index (κ1) is 21.5. The molecule has 0 saturated heterocycles. The van der Waals surface area contributed by atoms with Crippen molar-refractivity contribution >= 4 is 50.0 Å². The molecule has 0 bridgehead atoms. The minimum absolute atomic E-state index is 0.188. The molecule has 2 heterocycles. The fourth-order valence-corrected chi connectivity index (χ4v) is 4.86. The number of carbonyl (C=O) groups is 1. The molecule has 0 radical (unpaired) electrons. The third kappa shape index (κ3) is 3.86. The predicted molar refractivity (Wildman–Crippen MR) is 136 cm³/mol. The number of aromatic amines is 1. The number of halogens is 2. The van der Waals surface area contributed by atoms with Crippen molar-refractivity contribution in [3.63, 3.8) is 0 Å². The molecule has 164 valence electrons. The number of hydrogen-bond acceptors (Lipinski definition) is 3. The number of nitrogens with one attached hydrogen (secondary N) is 2. The zero-order chi connectivity index (χ0) is 23.1. The smallest absolute Gasteiger partial charge is 0.258 e. The summed E-state index contributed by atoms with van der Waals surface area (Å²) >= 11 is 10.0. The number of nitrogens with zero attached hydrogens (tertiary/aromatic N) is 1. The summed E-state index contributed by atoms with van der Waals surface area (Å²) in [4.78, 5) is 28.9. The summed E-state index contributed by atoms with van der Waals surface area (Å²) in [6, 6.07) is 22.5. The van der Waals surface area contributed by atoms with Crippen molar-refractivity contribution in [3.8, 4) is 11.1 Å². The second-order valence-corrected chi connectivity index (χ2v) is 9.13. The number of carbonyl (C=O) groups excluding carboxylic acids is 1. The maximum atomic E-state index is 13.4. The molecule has 0 fully saturated rings. The minimum Gasteiger partial charge on any atom is -0.321 e. The predicted octanol–water partition coefficient (Wildman–Crippen LogP) is 6.06. The van der Waals surface area contributed by atoms with E-state index in [9.17, 15) is 9.59 Å². The van der Waals surface area contributed by atoms with E-state index < -0.39 is 6.04 Å². The van der Waals surface area contributed by atoms with Crippen LogP contribution in [0.15, 0.2) is 88.1 Å². The average Bonchev–Trinajstić information content (AvgIpc) is 3.24. The van der Waals surface area contributed by atoms with E-state index in [1.807, 2.05) is 72.8 Å². The van der Waals surface area contributed by atoms with Crippen molar-refractivity contribution in [2.75, 3.05) is 0 Å². The van der Waals surface area contributed by atoms with Crippen molar-refractivity contribution < 1.29 is 4.79 Å². The van der Waals surface area contributed by atoms with Gasteiger partial charge in [0.25, 0.3) is 5.56 Å². The van der Waals surface area contributed by atoms with Crippen LogP contribution in [0.2, 0.25) is 5.02 Å². The number of aromatic nitrogens is 1. The van der Waals surface area contributed by atoms with Gasteiger partial charge >= 0.3 is 0 Å². The van der Waals surface area contributed by atoms with Gasteiger partial charge in [0.05, 0.1) is 11.3 Å². The van der Waals surface area contributed by atoms with Gasteiger partial charge in [-0.25, -0.2) is 5.01 Å². The number of hydrogen-bond donors (Lipinski definition) is 2. The molecular weight excluding hydrogens is 502 g/mol.